The standard InChI is InChI=1S/C21H24N4O3/c26-20(27)16-25(18-5-2-1-3-6-18)15-17-7-9-19(10-8-17)28-14-4-11-22-21-23-12-13-24-21/h1-3,5-10,12-13H,4,11,14-16H2,(H,26,27)(H2,22,23,24). The fraction of sp³-hybridized carbons (Fsp3) is 0.238. The lowest BCUT2D eigenvalue weighted by Gasteiger charge is -2.23. The second kappa shape index (κ2) is 10.0. The summed E-state index contributed by atoms with van der Waals surface area (Å²) in [7, 11) is 0. The molecule has 3 aromatic rings. The van der Waals surface area contributed by atoms with E-state index in [1.807, 2.05) is 59.5 Å². The minimum absolute atomic E-state index is 0.0507. The third-order valence-corrected chi connectivity index (χ3v) is 4.12. The fourth-order valence-electron chi connectivity index (χ4n) is 2.78. The van der Waals surface area contributed by atoms with E-state index in [0.29, 0.717) is 13.2 Å². The number of nitrogens with one attached hydrogen (secondary N) is 2. The van der Waals surface area contributed by atoms with Gasteiger partial charge in [-0.15, -0.1) is 0 Å². The van der Waals surface area contributed by atoms with Crippen LogP contribution in [-0.2, 0) is 11.3 Å². The molecule has 0 bridgehead atoms. The molecule has 0 aliphatic heterocycles. The number of carbonyl (C=O) groups is 1. The molecular weight excluding hydrogens is 356 g/mol. The minimum atomic E-state index is -0.855. The maximum Gasteiger partial charge on any atom is 0.323 e. The van der Waals surface area contributed by atoms with Gasteiger partial charge in [0.1, 0.15) is 12.3 Å². The third kappa shape index (κ3) is 6.05. The number of hydrogen-bond donors (Lipinski definition) is 3. The maximum absolute atomic E-state index is 11.2. The van der Waals surface area contributed by atoms with E-state index in [2.05, 4.69) is 15.3 Å². The number of rotatable bonds is 11. The van der Waals surface area contributed by atoms with Crippen LogP contribution in [0.4, 0.5) is 11.6 Å². The summed E-state index contributed by atoms with van der Waals surface area (Å²) in [4.78, 5) is 20.1. The van der Waals surface area contributed by atoms with Crippen molar-refractivity contribution < 1.29 is 14.6 Å². The summed E-state index contributed by atoms with van der Waals surface area (Å²) >= 11 is 0. The molecule has 7 heteroatoms. The Morgan fingerprint density at radius 1 is 1.14 bits per heavy atom. The lowest BCUT2D eigenvalue weighted by molar-refractivity contribution is -0.135. The Kier molecular flexibility index (Phi) is 6.89. The topological polar surface area (TPSA) is 90.5 Å². The molecule has 1 heterocycles. The molecule has 1 aromatic heterocycles. The van der Waals surface area contributed by atoms with Crippen LogP contribution in [0.1, 0.15) is 12.0 Å². The first kappa shape index (κ1) is 19.3. The number of anilines is 2. The summed E-state index contributed by atoms with van der Waals surface area (Å²) < 4.78 is 5.76. The monoisotopic (exact) mass is 380 g/mol. The van der Waals surface area contributed by atoms with E-state index in [1.54, 1.807) is 12.4 Å². The highest BCUT2D eigenvalue weighted by molar-refractivity contribution is 5.73. The Balaban J connectivity index is 1.47. The van der Waals surface area contributed by atoms with Crippen molar-refractivity contribution in [3.8, 4) is 5.75 Å². The predicted molar refractivity (Wildman–Crippen MR) is 109 cm³/mol. The number of H-pyrrole nitrogens is 1. The fourth-order valence-corrected chi connectivity index (χ4v) is 2.78. The lowest BCUT2D eigenvalue weighted by Crippen LogP contribution is -2.29. The van der Waals surface area contributed by atoms with E-state index >= 15 is 0 Å². The molecule has 0 aliphatic carbocycles. The van der Waals surface area contributed by atoms with Crippen molar-refractivity contribution in [3.63, 3.8) is 0 Å². The molecule has 0 fully saturated rings. The van der Waals surface area contributed by atoms with Crippen LogP contribution in [0.25, 0.3) is 0 Å². The molecular formula is C21H24N4O3. The van der Waals surface area contributed by atoms with Gasteiger partial charge in [0.25, 0.3) is 0 Å². The number of benzene rings is 2. The largest absolute Gasteiger partial charge is 0.494 e. The van der Waals surface area contributed by atoms with Crippen LogP contribution in [0.5, 0.6) is 5.75 Å². The molecule has 28 heavy (non-hydrogen) atoms. The molecule has 2 aromatic carbocycles. The van der Waals surface area contributed by atoms with Gasteiger partial charge in [0.2, 0.25) is 0 Å². The summed E-state index contributed by atoms with van der Waals surface area (Å²) in [6.07, 6.45) is 4.33. The molecule has 0 unspecified atom stereocenters. The summed E-state index contributed by atoms with van der Waals surface area (Å²) in [5.41, 5.74) is 1.91. The average Bonchev–Trinajstić information content (AvgIpc) is 3.22. The van der Waals surface area contributed by atoms with E-state index in [0.717, 1.165) is 35.9 Å². The highest BCUT2D eigenvalue weighted by Crippen LogP contribution is 2.19. The average molecular weight is 380 g/mol. The van der Waals surface area contributed by atoms with Crippen LogP contribution >= 0.6 is 0 Å². The summed E-state index contributed by atoms with van der Waals surface area (Å²) in [6, 6.07) is 17.3. The first-order valence-electron chi connectivity index (χ1n) is 9.17. The third-order valence-electron chi connectivity index (χ3n) is 4.12. The molecule has 0 saturated heterocycles. The maximum atomic E-state index is 11.2. The van der Waals surface area contributed by atoms with E-state index in [9.17, 15) is 9.90 Å². The Labute approximate surface area is 164 Å². The van der Waals surface area contributed by atoms with Crippen molar-refractivity contribution in [1.82, 2.24) is 9.97 Å². The van der Waals surface area contributed by atoms with Gasteiger partial charge in [-0.3, -0.25) is 4.79 Å². The first-order chi connectivity index (χ1) is 13.7. The molecule has 0 saturated carbocycles. The van der Waals surface area contributed by atoms with Crippen molar-refractivity contribution in [3.05, 3.63) is 72.6 Å². The quantitative estimate of drug-likeness (QED) is 0.442. The zero-order valence-electron chi connectivity index (χ0n) is 15.5. The van der Waals surface area contributed by atoms with Crippen molar-refractivity contribution >= 4 is 17.6 Å². The number of hydrogen-bond acceptors (Lipinski definition) is 5. The molecule has 146 valence electrons. The van der Waals surface area contributed by atoms with Gasteiger partial charge in [-0.05, 0) is 36.2 Å². The molecule has 3 rings (SSSR count). The number of aromatic amines is 1. The van der Waals surface area contributed by atoms with Gasteiger partial charge in [-0.1, -0.05) is 30.3 Å². The van der Waals surface area contributed by atoms with Gasteiger partial charge < -0.3 is 25.0 Å². The van der Waals surface area contributed by atoms with Crippen LogP contribution in [0, 0.1) is 0 Å². The molecule has 7 nitrogen and oxygen atoms in total. The van der Waals surface area contributed by atoms with Gasteiger partial charge in [0.05, 0.1) is 6.61 Å². The Morgan fingerprint density at radius 2 is 1.93 bits per heavy atom. The van der Waals surface area contributed by atoms with Crippen LogP contribution in [0.3, 0.4) is 0 Å². The highest BCUT2D eigenvalue weighted by atomic mass is 16.5. The number of aliphatic carboxylic acids is 1. The normalized spacial score (nSPS) is 10.4. The van der Waals surface area contributed by atoms with E-state index in [-0.39, 0.29) is 6.54 Å². The molecule has 0 aliphatic rings. The number of imidazole rings is 1. The Morgan fingerprint density at radius 3 is 2.61 bits per heavy atom. The number of carboxylic acids is 1. The van der Waals surface area contributed by atoms with Gasteiger partial charge in [-0.2, -0.15) is 0 Å². The van der Waals surface area contributed by atoms with Gasteiger partial charge >= 0.3 is 5.97 Å². The second-order valence-electron chi connectivity index (χ2n) is 6.30. The summed E-state index contributed by atoms with van der Waals surface area (Å²) in [5.74, 6) is 0.701. The van der Waals surface area contributed by atoms with Gasteiger partial charge in [0, 0.05) is 31.2 Å². The van der Waals surface area contributed by atoms with Crippen molar-refractivity contribution in [2.24, 2.45) is 0 Å². The molecule has 3 N–H and O–H groups in total. The zero-order valence-corrected chi connectivity index (χ0v) is 15.5. The van der Waals surface area contributed by atoms with Crippen molar-refractivity contribution in [2.75, 3.05) is 29.9 Å². The second-order valence-corrected chi connectivity index (χ2v) is 6.30. The zero-order chi connectivity index (χ0) is 19.6. The van der Waals surface area contributed by atoms with Gasteiger partial charge in [-0.25, -0.2) is 4.98 Å². The molecule has 0 spiro atoms. The smallest absolute Gasteiger partial charge is 0.323 e. The number of aromatic nitrogens is 2. The number of carboxylic acid groups (broad SMARTS) is 1. The van der Waals surface area contributed by atoms with E-state index in [1.165, 1.54) is 0 Å². The van der Waals surface area contributed by atoms with Crippen LogP contribution in [-0.4, -0.2) is 40.7 Å². The SMILES string of the molecule is O=C(O)CN(Cc1ccc(OCCCNc2ncc[nH]2)cc1)c1ccccc1. The Bertz CT molecular complexity index is 836. The Hall–Kier alpha value is -3.48. The predicted octanol–water partition coefficient (Wildman–Crippen LogP) is 3.38. The van der Waals surface area contributed by atoms with Crippen molar-refractivity contribution in [1.29, 1.82) is 0 Å². The summed E-state index contributed by atoms with van der Waals surface area (Å²) in [6.45, 7) is 1.84. The van der Waals surface area contributed by atoms with Crippen LogP contribution in [0.15, 0.2) is 67.0 Å². The van der Waals surface area contributed by atoms with Gasteiger partial charge in [0.15, 0.2) is 5.95 Å². The molecule has 0 atom stereocenters. The summed E-state index contributed by atoms with van der Waals surface area (Å²) in [5, 5.41) is 12.4. The van der Waals surface area contributed by atoms with Crippen LogP contribution in [0.2, 0.25) is 0 Å². The first-order valence-corrected chi connectivity index (χ1v) is 9.17. The molecule has 0 radical (unpaired) electrons. The molecule has 0 amide bonds. The number of nitrogens with zero attached hydrogens (tertiary/aromatic N) is 2. The van der Waals surface area contributed by atoms with E-state index in [4.69, 9.17) is 4.74 Å². The van der Waals surface area contributed by atoms with Crippen molar-refractivity contribution in [2.45, 2.75) is 13.0 Å². The van der Waals surface area contributed by atoms with Crippen LogP contribution < -0.4 is 15.0 Å². The van der Waals surface area contributed by atoms with E-state index < -0.39 is 5.97 Å². The highest BCUT2D eigenvalue weighted by Gasteiger charge is 2.11. The number of ether oxygens (including phenoxy) is 1. The minimum Gasteiger partial charge on any atom is -0.494 e. The number of para-hydroxylation sites is 1. The lowest BCUT2D eigenvalue weighted by atomic mass is 10.2.